The molecule has 0 aliphatic carbocycles. The molecule has 9 heteroatoms. The van der Waals surface area contributed by atoms with Crippen LogP contribution >= 0.6 is 0 Å². The van der Waals surface area contributed by atoms with Gasteiger partial charge in [-0.1, -0.05) is 13.8 Å². The first-order valence-electron chi connectivity index (χ1n) is 9.71. The standard InChI is InChI=1S/C23H19F4N5/c1-13-11-32(12-29-13)19-5-4-15(10-16(19)24)30-22-28-7-6-20(31-22)23(2,3)14-8-17(25)21(27)18(26)9-14/h4-12H,1-3H3,(H,28,30,31). The number of anilines is 2. The highest BCUT2D eigenvalue weighted by Gasteiger charge is 2.28. The summed E-state index contributed by atoms with van der Waals surface area (Å²) < 4.78 is 57.0. The summed E-state index contributed by atoms with van der Waals surface area (Å²) in [5, 5.41) is 2.93. The predicted octanol–water partition coefficient (Wildman–Crippen LogP) is 5.60. The minimum absolute atomic E-state index is 0.171. The first kappa shape index (κ1) is 21.5. The van der Waals surface area contributed by atoms with Crippen LogP contribution in [0.1, 0.15) is 30.8 Å². The monoisotopic (exact) mass is 441 g/mol. The van der Waals surface area contributed by atoms with E-state index in [0.717, 1.165) is 17.8 Å². The Hall–Kier alpha value is -3.75. The molecule has 32 heavy (non-hydrogen) atoms. The fourth-order valence-corrected chi connectivity index (χ4v) is 3.31. The third-order valence-corrected chi connectivity index (χ3v) is 5.20. The number of nitrogens with zero attached hydrogens (tertiary/aromatic N) is 4. The van der Waals surface area contributed by atoms with Crippen LogP contribution in [-0.4, -0.2) is 19.5 Å². The van der Waals surface area contributed by atoms with E-state index in [0.29, 0.717) is 17.1 Å². The van der Waals surface area contributed by atoms with Crippen LogP contribution in [0.25, 0.3) is 5.69 Å². The SMILES string of the molecule is Cc1cn(-c2ccc(Nc3nccc(C(C)(C)c4cc(F)c(F)c(F)c4)n3)cc2F)cn1. The molecule has 0 radical (unpaired) electrons. The third-order valence-electron chi connectivity index (χ3n) is 5.20. The number of rotatable bonds is 5. The van der Waals surface area contributed by atoms with Crippen molar-refractivity contribution in [3.63, 3.8) is 0 Å². The summed E-state index contributed by atoms with van der Waals surface area (Å²) in [6, 6.07) is 8.04. The Kier molecular flexibility index (Phi) is 5.41. The Labute approximate surface area is 181 Å². The summed E-state index contributed by atoms with van der Waals surface area (Å²) in [5.74, 6) is -4.37. The van der Waals surface area contributed by atoms with Crippen LogP contribution in [0.4, 0.5) is 29.2 Å². The van der Waals surface area contributed by atoms with Crippen molar-refractivity contribution in [3.8, 4) is 5.69 Å². The maximum absolute atomic E-state index is 14.6. The van der Waals surface area contributed by atoms with E-state index in [9.17, 15) is 17.6 Å². The molecule has 0 aliphatic heterocycles. The third kappa shape index (κ3) is 4.05. The lowest BCUT2D eigenvalue weighted by molar-refractivity contribution is 0.440. The van der Waals surface area contributed by atoms with Crippen LogP contribution in [0.3, 0.4) is 0 Å². The molecule has 0 aliphatic rings. The van der Waals surface area contributed by atoms with E-state index in [2.05, 4.69) is 20.3 Å². The maximum atomic E-state index is 14.6. The summed E-state index contributed by atoms with van der Waals surface area (Å²) in [4.78, 5) is 12.6. The number of benzene rings is 2. The summed E-state index contributed by atoms with van der Waals surface area (Å²) in [6.07, 6.45) is 4.71. The van der Waals surface area contributed by atoms with Gasteiger partial charge in [0.05, 0.1) is 23.4 Å². The molecule has 4 rings (SSSR count). The second kappa shape index (κ2) is 8.07. The average Bonchev–Trinajstić information content (AvgIpc) is 3.18. The molecule has 0 saturated heterocycles. The van der Waals surface area contributed by atoms with E-state index in [1.54, 1.807) is 42.8 Å². The molecule has 0 atom stereocenters. The molecule has 2 aromatic carbocycles. The van der Waals surface area contributed by atoms with Crippen molar-refractivity contribution in [1.82, 2.24) is 19.5 Å². The van der Waals surface area contributed by atoms with Gasteiger partial charge in [0, 0.05) is 23.5 Å². The van der Waals surface area contributed by atoms with E-state index >= 15 is 0 Å². The summed E-state index contributed by atoms with van der Waals surface area (Å²) in [6.45, 7) is 5.21. The van der Waals surface area contributed by atoms with Crippen LogP contribution in [0.5, 0.6) is 0 Å². The van der Waals surface area contributed by atoms with Crippen LogP contribution < -0.4 is 5.32 Å². The molecule has 1 N–H and O–H groups in total. The van der Waals surface area contributed by atoms with E-state index < -0.39 is 28.7 Å². The van der Waals surface area contributed by atoms with E-state index in [4.69, 9.17) is 0 Å². The summed E-state index contributed by atoms with van der Waals surface area (Å²) >= 11 is 0. The van der Waals surface area contributed by atoms with Crippen LogP contribution in [0.2, 0.25) is 0 Å². The van der Waals surface area contributed by atoms with Crippen molar-refractivity contribution in [3.05, 3.63) is 95.3 Å². The van der Waals surface area contributed by atoms with E-state index in [1.807, 2.05) is 6.92 Å². The number of hydrogen-bond donors (Lipinski definition) is 1. The zero-order chi connectivity index (χ0) is 23.0. The first-order valence-corrected chi connectivity index (χ1v) is 9.71. The Morgan fingerprint density at radius 3 is 2.25 bits per heavy atom. The molecule has 164 valence electrons. The smallest absolute Gasteiger partial charge is 0.227 e. The molecular weight excluding hydrogens is 422 g/mol. The lowest BCUT2D eigenvalue weighted by Crippen LogP contribution is -2.22. The number of imidazole rings is 1. The van der Waals surface area contributed by atoms with Crippen LogP contribution in [0, 0.1) is 30.2 Å². The molecule has 0 unspecified atom stereocenters. The number of aromatic nitrogens is 4. The van der Waals surface area contributed by atoms with Crippen molar-refractivity contribution in [2.45, 2.75) is 26.2 Å². The minimum atomic E-state index is -1.52. The largest absolute Gasteiger partial charge is 0.324 e. The van der Waals surface area contributed by atoms with Gasteiger partial charge in [-0.2, -0.15) is 0 Å². The van der Waals surface area contributed by atoms with Crippen LogP contribution in [0.15, 0.2) is 55.1 Å². The molecule has 4 aromatic rings. The van der Waals surface area contributed by atoms with E-state index in [-0.39, 0.29) is 11.5 Å². The number of hydrogen-bond acceptors (Lipinski definition) is 4. The Bertz CT molecular complexity index is 1280. The molecule has 0 saturated carbocycles. The highest BCUT2D eigenvalue weighted by molar-refractivity contribution is 5.56. The topological polar surface area (TPSA) is 55.6 Å². The Balaban J connectivity index is 1.61. The van der Waals surface area contributed by atoms with Gasteiger partial charge in [0.15, 0.2) is 17.5 Å². The van der Waals surface area contributed by atoms with Crippen molar-refractivity contribution in [1.29, 1.82) is 0 Å². The van der Waals surface area contributed by atoms with Crippen molar-refractivity contribution in [2.24, 2.45) is 0 Å². The van der Waals surface area contributed by atoms with Gasteiger partial charge in [-0.05, 0) is 48.9 Å². The molecular formula is C23H19F4N5. The lowest BCUT2D eigenvalue weighted by Gasteiger charge is -2.25. The predicted molar refractivity (Wildman–Crippen MR) is 112 cm³/mol. The van der Waals surface area contributed by atoms with Crippen molar-refractivity contribution < 1.29 is 17.6 Å². The summed E-state index contributed by atoms with van der Waals surface area (Å²) in [7, 11) is 0. The lowest BCUT2D eigenvalue weighted by atomic mass is 9.81. The highest BCUT2D eigenvalue weighted by atomic mass is 19.2. The van der Waals surface area contributed by atoms with Crippen molar-refractivity contribution in [2.75, 3.05) is 5.32 Å². The fraction of sp³-hybridized carbons (Fsp3) is 0.174. The van der Waals surface area contributed by atoms with Gasteiger partial charge in [-0.3, -0.25) is 0 Å². The molecule has 2 heterocycles. The second-order valence-electron chi connectivity index (χ2n) is 7.86. The number of aryl methyl sites for hydroxylation is 1. The van der Waals surface area contributed by atoms with Gasteiger partial charge < -0.3 is 9.88 Å². The van der Waals surface area contributed by atoms with Crippen molar-refractivity contribution >= 4 is 11.6 Å². The molecule has 5 nitrogen and oxygen atoms in total. The molecule has 0 bridgehead atoms. The van der Waals surface area contributed by atoms with E-state index in [1.165, 1.54) is 18.6 Å². The van der Waals surface area contributed by atoms with Gasteiger partial charge in [0.25, 0.3) is 0 Å². The second-order valence-corrected chi connectivity index (χ2v) is 7.86. The van der Waals surface area contributed by atoms with Gasteiger partial charge in [-0.25, -0.2) is 32.5 Å². The average molecular weight is 441 g/mol. The van der Waals surface area contributed by atoms with Gasteiger partial charge in [0.1, 0.15) is 5.82 Å². The summed E-state index contributed by atoms with van der Waals surface area (Å²) in [5.41, 5.74) is 1.21. The quantitative estimate of drug-likeness (QED) is 0.324. The number of halogens is 4. The molecule has 0 spiro atoms. The molecule has 2 aromatic heterocycles. The van der Waals surface area contributed by atoms with Crippen LogP contribution in [-0.2, 0) is 5.41 Å². The minimum Gasteiger partial charge on any atom is -0.324 e. The Morgan fingerprint density at radius 2 is 1.62 bits per heavy atom. The highest BCUT2D eigenvalue weighted by Crippen LogP contribution is 2.32. The Morgan fingerprint density at radius 1 is 0.906 bits per heavy atom. The van der Waals surface area contributed by atoms with Gasteiger partial charge in [-0.15, -0.1) is 0 Å². The van der Waals surface area contributed by atoms with Gasteiger partial charge in [0.2, 0.25) is 5.95 Å². The zero-order valence-electron chi connectivity index (χ0n) is 17.5. The maximum Gasteiger partial charge on any atom is 0.227 e. The molecule has 0 fully saturated rings. The zero-order valence-corrected chi connectivity index (χ0v) is 17.5. The molecule has 0 amide bonds. The fourth-order valence-electron chi connectivity index (χ4n) is 3.31. The normalized spacial score (nSPS) is 11.6. The van der Waals surface area contributed by atoms with Gasteiger partial charge >= 0.3 is 0 Å². The number of nitrogens with one attached hydrogen (secondary N) is 1. The first-order chi connectivity index (χ1) is 15.1.